The third-order valence-electron chi connectivity index (χ3n) is 6.01. The van der Waals surface area contributed by atoms with E-state index in [9.17, 15) is 0 Å². The molecule has 30 heavy (non-hydrogen) atoms. The molecule has 0 amide bonds. The number of anilines is 1. The molecule has 0 aliphatic carbocycles. The molecule has 0 spiro atoms. The summed E-state index contributed by atoms with van der Waals surface area (Å²) in [7, 11) is 0. The molecule has 0 radical (unpaired) electrons. The van der Waals surface area contributed by atoms with Crippen LogP contribution in [0.25, 0.3) is 6.08 Å². The van der Waals surface area contributed by atoms with E-state index in [4.69, 9.17) is 4.99 Å². The molecule has 2 aliphatic rings. The van der Waals surface area contributed by atoms with Crippen molar-refractivity contribution in [3.8, 4) is 0 Å². The van der Waals surface area contributed by atoms with Crippen molar-refractivity contribution in [3.63, 3.8) is 0 Å². The van der Waals surface area contributed by atoms with Gasteiger partial charge in [0.2, 0.25) is 0 Å². The highest BCUT2D eigenvalue weighted by atomic mass is 15.3. The molecule has 0 bridgehead atoms. The molecule has 3 aromatic rings. The number of rotatable bonds is 5. The van der Waals surface area contributed by atoms with Crippen LogP contribution in [0.3, 0.4) is 0 Å². The van der Waals surface area contributed by atoms with Crippen LogP contribution in [-0.2, 0) is 6.54 Å². The van der Waals surface area contributed by atoms with Crippen molar-refractivity contribution in [1.82, 2.24) is 9.47 Å². The van der Waals surface area contributed by atoms with Crippen molar-refractivity contribution < 1.29 is 0 Å². The molecule has 1 aromatic heterocycles. The lowest BCUT2D eigenvalue weighted by Gasteiger charge is -2.36. The summed E-state index contributed by atoms with van der Waals surface area (Å²) < 4.78 is 2.46. The van der Waals surface area contributed by atoms with Gasteiger partial charge in [0.15, 0.2) is 0 Å². The van der Waals surface area contributed by atoms with Crippen molar-refractivity contribution in [2.24, 2.45) is 4.99 Å². The first-order valence-electron chi connectivity index (χ1n) is 10.9. The first kappa shape index (κ1) is 18.9. The summed E-state index contributed by atoms with van der Waals surface area (Å²) in [5.41, 5.74) is 4.85. The molecule has 0 N–H and O–H groups in total. The van der Waals surface area contributed by atoms with Crippen LogP contribution in [0.2, 0.25) is 0 Å². The second-order valence-corrected chi connectivity index (χ2v) is 7.93. The molecule has 4 heteroatoms. The predicted molar refractivity (Wildman–Crippen MR) is 126 cm³/mol. The Kier molecular flexibility index (Phi) is 5.49. The van der Waals surface area contributed by atoms with Crippen LogP contribution in [-0.4, -0.2) is 54.4 Å². The van der Waals surface area contributed by atoms with E-state index < -0.39 is 0 Å². The van der Waals surface area contributed by atoms with Gasteiger partial charge in [0.1, 0.15) is 5.82 Å². The van der Waals surface area contributed by atoms with Gasteiger partial charge in [-0.1, -0.05) is 72.8 Å². The third-order valence-corrected chi connectivity index (χ3v) is 6.01. The molecule has 1 saturated heterocycles. The number of hydrogen-bond acceptors (Lipinski definition) is 3. The number of nitrogens with zero attached hydrogens (tertiary/aromatic N) is 4. The predicted octanol–water partition coefficient (Wildman–Crippen LogP) is 4.17. The fourth-order valence-corrected chi connectivity index (χ4v) is 4.41. The number of fused-ring (bicyclic) bond motifs is 1. The number of aliphatic imine (C=N–C) groups is 1. The Bertz CT molecular complexity index is 1030. The zero-order valence-corrected chi connectivity index (χ0v) is 17.3. The van der Waals surface area contributed by atoms with Crippen molar-refractivity contribution in [2.45, 2.75) is 6.54 Å². The van der Waals surface area contributed by atoms with E-state index in [2.05, 4.69) is 99.3 Å². The van der Waals surface area contributed by atoms with Crippen molar-refractivity contribution in [3.05, 3.63) is 95.7 Å². The molecular weight excluding hydrogens is 368 g/mol. The van der Waals surface area contributed by atoms with Crippen molar-refractivity contribution in [2.75, 3.05) is 44.2 Å². The highest BCUT2D eigenvalue weighted by molar-refractivity contribution is 6.12. The molecule has 2 aromatic carbocycles. The minimum Gasteiger partial charge on any atom is -0.355 e. The molecule has 1 fully saturated rings. The van der Waals surface area contributed by atoms with E-state index in [0.717, 1.165) is 51.5 Å². The fraction of sp³-hybridized carbons (Fsp3) is 0.269. The van der Waals surface area contributed by atoms with E-state index in [1.54, 1.807) is 0 Å². The van der Waals surface area contributed by atoms with Gasteiger partial charge < -0.3 is 9.47 Å². The summed E-state index contributed by atoms with van der Waals surface area (Å²) in [5.74, 6) is 1.34. The zero-order valence-electron chi connectivity index (χ0n) is 17.3. The van der Waals surface area contributed by atoms with Gasteiger partial charge >= 0.3 is 0 Å². The highest BCUT2D eigenvalue weighted by Crippen LogP contribution is 2.25. The van der Waals surface area contributed by atoms with E-state index in [1.807, 2.05) is 0 Å². The number of aromatic nitrogens is 1. The molecular formula is C26H28N4. The first-order chi connectivity index (χ1) is 14.9. The summed E-state index contributed by atoms with van der Waals surface area (Å²) in [6.07, 6.45) is 4.51. The van der Waals surface area contributed by atoms with Crippen LogP contribution in [0.5, 0.6) is 0 Å². The lowest BCUT2D eigenvalue weighted by atomic mass is 10.1. The highest BCUT2D eigenvalue weighted by Gasteiger charge is 2.23. The third kappa shape index (κ3) is 3.96. The molecule has 0 saturated carbocycles. The Balaban J connectivity index is 1.23. The standard InChI is InChI=1S/C26H28N4/c1-3-8-22(9-4-1)10-7-16-28-18-20-29(21-19-28)25-14-13-24-26(27-15-17-30(24)25)23-11-5-2-6-12-23/h1-14H,15-21H2/b10-7+. The lowest BCUT2D eigenvalue weighted by Crippen LogP contribution is -2.47. The molecule has 2 aliphatic heterocycles. The average molecular weight is 397 g/mol. The molecule has 5 rings (SSSR count). The topological polar surface area (TPSA) is 23.8 Å². The van der Waals surface area contributed by atoms with E-state index in [-0.39, 0.29) is 0 Å². The van der Waals surface area contributed by atoms with E-state index in [1.165, 1.54) is 22.6 Å². The minimum absolute atomic E-state index is 0.850. The Morgan fingerprint density at radius 2 is 1.50 bits per heavy atom. The van der Waals surface area contributed by atoms with Gasteiger partial charge in [-0.05, 0) is 17.7 Å². The monoisotopic (exact) mass is 396 g/mol. The Hall–Kier alpha value is -3.11. The smallest absolute Gasteiger partial charge is 0.109 e. The van der Waals surface area contributed by atoms with Gasteiger partial charge in [0.05, 0.1) is 18.0 Å². The first-order valence-corrected chi connectivity index (χ1v) is 10.9. The Morgan fingerprint density at radius 3 is 2.27 bits per heavy atom. The van der Waals surface area contributed by atoms with Gasteiger partial charge in [0.25, 0.3) is 0 Å². The Morgan fingerprint density at radius 1 is 0.767 bits per heavy atom. The van der Waals surface area contributed by atoms with Crippen molar-refractivity contribution in [1.29, 1.82) is 0 Å². The van der Waals surface area contributed by atoms with Gasteiger partial charge in [0, 0.05) is 44.8 Å². The molecule has 3 heterocycles. The van der Waals surface area contributed by atoms with Gasteiger partial charge in [-0.2, -0.15) is 0 Å². The average Bonchev–Trinajstić information content (AvgIpc) is 3.25. The molecule has 152 valence electrons. The van der Waals surface area contributed by atoms with Crippen LogP contribution in [0.15, 0.2) is 83.9 Å². The second-order valence-electron chi connectivity index (χ2n) is 7.93. The second kappa shape index (κ2) is 8.72. The number of piperazine rings is 1. The largest absolute Gasteiger partial charge is 0.355 e. The zero-order chi connectivity index (χ0) is 20.2. The Labute approximate surface area is 178 Å². The quantitative estimate of drug-likeness (QED) is 0.646. The van der Waals surface area contributed by atoms with Crippen LogP contribution in [0.1, 0.15) is 16.8 Å². The lowest BCUT2D eigenvalue weighted by molar-refractivity contribution is 0.283. The normalized spacial score (nSPS) is 17.2. The molecule has 0 unspecified atom stereocenters. The van der Waals surface area contributed by atoms with Gasteiger partial charge in [-0.3, -0.25) is 9.89 Å². The summed E-state index contributed by atoms with van der Waals surface area (Å²) in [5, 5.41) is 0. The maximum Gasteiger partial charge on any atom is 0.109 e. The summed E-state index contributed by atoms with van der Waals surface area (Å²) >= 11 is 0. The van der Waals surface area contributed by atoms with Crippen LogP contribution < -0.4 is 4.90 Å². The summed E-state index contributed by atoms with van der Waals surface area (Å²) in [4.78, 5) is 9.90. The summed E-state index contributed by atoms with van der Waals surface area (Å²) in [6.45, 7) is 7.16. The van der Waals surface area contributed by atoms with Gasteiger partial charge in [-0.25, -0.2) is 0 Å². The molecule has 4 nitrogen and oxygen atoms in total. The van der Waals surface area contributed by atoms with Crippen LogP contribution in [0.4, 0.5) is 5.82 Å². The number of benzene rings is 2. The van der Waals surface area contributed by atoms with Crippen molar-refractivity contribution >= 4 is 17.6 Å². The van der Waals surface area contributed by atoms with E-state index >= 15 is 0 Å². The summed E-state index contributed by atoms with van der Waals surface area (Å²) in [6, 6.07) is 25.6. The maximum atomic E-state index is 4.83. The number of hydrogen-bond donors (Lipinski definition) is 0. The SMILES string of the molecule is C(=C\c1ccccc1)/CN1CCN(c2ccc3n2CCN=C3c2ccccc2)CC1. The van der Waals surface area contributed by atoms with Crippen LogP contribution >= 0.6 is 0 Å². The minimum atomic E-state index is 0.850. The van der Waals surface area contributed by atoms with E-state index in [0.29, 0.717) is 0 Å². The van der Waals surface area contributed by atoms with Crippen LogP contribution in [0, 0.1) is 0 Å². The fourth-order valence-electron chi connectivity index (χ4n) is 4.41. The molecule has 0 atom stereocenters. The van der Waals surface area contributed by atoms with Gasteiger partial charge in [-0.15, -0.1) is 0 Å². The maximum absolute atomic E-state index is 4.83.